The standard InChI is InChI=1S/C34H52O6/c1-25(2)17-15-18-26(3)19-16-20-27(4)23-24-40-30(35)22-14-12-10-8-9-11-13-21-29-28(5)31(36)33(38-6)34(39-7)32(29)37/h17,19,23H,8-16,18,20-22,24H2,1-7H3/b26-19+,27-23+. The number of ether oxygens (including phenoxy) is 3. The van der Waals surface area contributed by atoms with Gasteiger partial charge in [0.2, 0.25) is 23.1 Å². The summed E-state index contributed by atoms with van der Waals surface area (Å²) in [5.41, 5.74) is 5.03. The third-order valence-corrected chi connectivity index (χ3v) is 7.20. The molecule has 0 spiro atoms. The Kier molecular flexibility index (Phi) is 17.6. The van der Waals surface area contributed by atoms with Crippen LogP contribution in [0.3, 0.4) is 0 Å². The van der Waals surface area contributed by atoms with Gasteiger partial charge in [0.1, 0.15) is 6.61 Å². The summed E-state index contributed by atoms with van der Waals surface area (Å²) < 4.78 is 15.6. The lowest BCUT2D eigenvalue weighted by Gasteiger charge is -2.20. The predicted octanol–water partition coefficient (Wildman–Crippen LogP) is 8.43. The molecule has 0 unspecified atom stereocenters. The van der Waals surface area contributed by atoms with Crippen molar-refractivity contribution in [3.05, 3.63) is 57.6 Å². The molecule has 0 aromatic carbocycles. The van der Waals surface area contributed by atoms with Crippen LogP contribution >= 0.6 is 0 Å². The molecule has 1 rings (SSSR count). The fourth-order valence-electron chi connectivity index (χ4n) is 4.64. The van der Waals surface area contributed by atoms with E-state index < -0.39 is 0 Å². The normalized spacial score (nSPS) is 14.6. The summed E-state index contributed by atoms with van der Waals surface area (Å²) >= 11 is 0. The van der Waals surface area contributed by atoms with Gasteiger partial charge in [0.25, 0.3) is 0 Å². The van der Waals surface area contributed by atoms with E-state index in [0.717, 1.165) is 70.6 Å². The zero-order valence-electron chi connectivity index (χ0n) is 26.1. The Balaban J connectivity index is 2.13. The number of methoxy groups -OCH3 is 2. The first kappa shape index (κ1) is 35.1. The second-order valence-corrected chi connectivity index (χ2v) is 10.9. The molecule has 0 aromatic heterocycles. The SMILES string of the molecule is COC1=C(OC)C(=O)C(CCCCCCCCCC(=O)OC/C=C(\C)CC/C=C(\C)CCC=C(C)C)=C(C)C1=O. The summed E-state index contributed by atoms with van der Waals surface area (Å²) in [6.45, 7) is 10.6. The number of allylic oxidation sites excluding steroid dienone is 7. The molecule has 0 bridgehead atoms. The minimum atomic E-state index is -0.275. The summed E-state index contributed by atoms with van der Waals surface area (Å²) in [5, 5.41) is 0. The number of esters is 1. The van der Waals surface area contributed by atoms with Crippen molar-refractivity contribution in [1.29, 1.82) is 0 Å². The molecular formula is C34H52O6. The van der Waals surface area contributed by atoms with Crippen LogP contribution in [0.5, 0.6) is 0 Å². The summed E-state index contributed by atoms with van der Waals surface area (Å²) in [5.74, 6) is -0.660. The Bertz CT molecular complexity index is 1000. The first-order valence-corrected chi connectivity index (χ1v) is 14.8. The smallest absolute Gasteiger partial charge is 0.306 e. The lowest BCUT2D eigenvalue weighted by molar-refractivity contribution is -0.142. The van der Waals surface area contributed by atoms with E-state index in [1.54, 1.807) is 6.92 Å². The van der Waals surface area contributed by atoms with Gasteiger partial charge in [0.15, 0.2) is 0 Å². The largest absolute Gasteiger partial charge is 0.489 e. The van der Waals surface area contributed by atoms with E-state index in [0.29, 0.717) is 30.6 Å². The molecule has 1 aliphatic carbocycles. The average molecular weight is 557 g/mol. The molecule has 1 aliphatic rings. The number of hydrogen-bond donors (Lipinski definition) is 0. The van der Waals surface area contributed by atoms with Gasteiger partial charge in [-0.25, -0.2) is 0 Å². The summed E-state index contributed by atoms with van der Waals surface area (Å²) in [6.07, 6.45) is 18.7. The number of unbranched alkanes of at least 4 members (excludes halogenated alkanes) is 6. The Morgan fingerprint density at radius 1 is 0.675 bits per heavy atom. The molecule has 0 heterocycles. The molecule has 0 saturated carbocycles. The van der Waals surface area contributed by atoms with E-state index in [1.165, 1.54) is 30.9 Å². The van der Waals surface area contributed by atoms with Crippen LogP contribution in [0.15, 0.2) is 57.6 Å². The topological polar surface area (TPSA) is 78.9 Å². The van der Waals surface area contributed by atoms with Crippen LogP contribution < -0.4 is 0 Å². The number of rotatable bonds is 20. The van der Waals surface area contributed by atoms with Crippen LogP contribution in [0.4, 0.5) is 0 Å². The molecule has 0 amide bonds. The summed E-state index contributed by atoms with van der Waals surface area (Å²) in [6, 6.07) is 0. The highest BCUT2D eigenvalue weighted by molar-refractivity contribution is 6.23. The highest BCUT2D eigenvalue weighted by atomic mass is 16.5. The molecule has 0 radical (unpaired) electrons. The maximum Gasteiger partial charge on any atom is 0.306 e. The highest BCUT2D eigenvalue weighted by Gasteiger charge is 2.34. The van der Waals surface area contributed by atoms with E-state index in [9.17, 15) is 14.4 Å². The highest BCUT2D eigenvalue weighted by Crippen LogP contribution is 2.29. The zero-order valence-corrected chi connectivity index (χ0v) is 26.1. The lowest BCUT2D eigenvalue weighted by atomic mass is 9.89. The molecule has 6 nitrogen and oxygen atoms in total. The summed E-state index contributed by atoms with van der Waals surface area (Å²) in [4.78, 5) is 37.1. The Labute approximate surface area is 242 Å². The van der Waals surface area contributed by atoms with E-state index in [-0.39, 0.29) is 29.1 Å². The van der Waals surface area contributed by atoms with Crippen LogP contribution in [-0.2, 0) is 28.6 Å². The molecular weight excluding hydrogens is 504 g/mol. The first-order valence-electron chi connectivity index (χ1n) is 14.8. The maximum atomic E-state index is 12.7. The number of hydrogen-bond acceptors (Lipinski definition) is 6. The van der Waals surface area contributed by atoms with Crippen molar-refractivity contribution in [1.82, 2.24) is 0 Å². The average Bonchev–Trinajstić information content (AvgIpc) is 2.90. The molecule has 0 atom stereocenters. The van der Waals surface area contributed by atoms with Crippen molar-refractivity contribution in [2.45, 2.75) is 118 Å². The van der Waals surface area contributed by atoms with E-state index >= 15 is 0 Å². The van der Waals surface area contributed by atoms with Crippen LogP contribution in [0.1, 0.15) is 118 Å². The van der Waals surface area contributed by atoms with Crippen LogP contribution in [0.2, 0.25) is 0 Å². The Hall–Kier alpha value is -2.89. The molecule has 6 heteroatoms. The van der Waals surface area contributed by atoms with E-state index in [2.05, 4.69) is 39.8 Å². The minimum Gasteiger partial charge on any atom is -0.489 e. The van der Waals surface area contributed by atoms with Crippen molar-refractivity contribution in [2.24, 2.45) is 0 Å². The number of carbonyl (C=O) groups is 3. The van der Waals surface area contributed by atoms with Gasteiger partial charge in [0, 0.05) is 17.6 Å². The first-order chi connectivity index (χ1) is 19.1. The van der Waals surface area contributed by atoms with Crippen molar-refractivity contribution < 1.29 is 28.6 Å². The third-order valence-electron chi connectivity index (χ3n) is 7.20. The second kappa shape index (κ2) is 20.1. The minimum absolute atomic E-state index is 0.00187. The van der Waals surface area contributed by atoms with Gasteiger partial charge in [0.05, 0.1) is 14.2 Å². The van der Waals surface area contributed by atoms with Gasteiger partial charge in [-0.15, -0.1) is 0 Å². The van der Waals surface area contributed by atoms with Crippen LogP contribution in [-0.4, -0.2) is 38.4 Å². The maximum absolute atomic E-state index is 12.7. The Morgan fingerprint density at radius 2 is 1.20 bits per heavy atom. The van der Waals surface area contributed by atoms with Crippen molar-refractivity contribution >= 4 is 17.5 Å². The van der Waals surface area contributed by atoms with Crippen molar-refractivity contribution in [3.63, 3.8) is 0 Å². The summed E-state index contributed by atoms with van der Waals surface area (Å²) in [7, 11) is 2.75. The van der Waals surface area contributed by atoms with Crippen molar-refractivity contribution in [2.75, 3.05) is 20.8 Å². The third kappa shape index (κ3) is 13.5. The fraction of sp³-hybridized carbons (Fsp3) is 0.618. The number of ketones is 2. The van der Waals surface area contributed by atoms with Gasteiger partial charge >= 0.3 is 5.97 Å². The van der Waals surface area contributed by atoms with E-state index in [4.69, 9.17) is 14.2 Å². The number of Topliss-reactive ketones (excluding diaryl/α,β-unsaturated/α-hetero) is 2. The van der Waals surface area contributed by atoms with Crippen LogP contribution in [0, 0.1) is 0 Å². The second-order valence-electron chi connectivity index (χ2n) is 10.9. The molecule has 0 aliphatic heterocycles. The predicted molar refractivity (Wildman–Crippen MR) is 162 cm³/mol. The van der Waals surface area contributed by atoms with Gasteiger partial charge in [-0.05, 0) is 85.6 Å². The monoisotopic (exact) mass is 556 g/mol. The van der Waals surface area contributed by atoms with Gasteiger partial charge in [-0.1, -0.05) is 61.0 Å². The van der Waals surface area contributed by atoms with Crippen LogP contribution in [0.25, 0.3) is 0 Å². The quantitative estimate of drug-likeness (QED) is 0.0648. The van der Waals surface area contributed by atoms with Gasteiger partial charge < -0.3 is 14.2 Å². The Morgan fingerprint density at radius 3 is 1.80 bits per heavy atom. The molecule has 0 N–H and O–H groups in total. The fourth-order valence-corrected chi connectivity index (χ4v) is 4.64. The number of carbonyl (C=O) groups excluding carboxylic acids is 3. The zero-order chi connectivity index (χ0) is 29.9. The molecule has 0 aromatic rings. The van der Waals surface area contributed by atoms with Gasteiger partial charge in [-0.2, -0.15) is 0 Å². The molecule has 40 heavy (non-hydrogen) atoms. The molecule has 0 saturated heterocycles. The van der Waals surface area contributed by atoms with Gasteiger partial charge in [-0.3, -0.25) is 14.4 Å². The van der Waals surface area contributed by atoms with Crippen molar-refractivity contribution in [3.8, 4) is 0 Å². The lowest BCUT2D eigenvalue weighted by Crippen LogP contribution is -2.25. The van der Waals surface area contributed by atoms with E-state index in [1.807, 2.05) is 6.08 Å². The molecule has 224 valence electrons. The molecule has 0 fully saturated rings.